The molecule has 2 aliphatic rings. The lowest BCUT2D eigenvalue weighted by atomic mass is 10.00. The van der Waals surface area contributed by atoms with Gasteiger partial charge in [-0.1, -0.05) is 11.6 Å². The molecule has 1 aromatic heterocycles. The van der Waals surface area contributed by atoms with Crippen LogP contribution in [0.4, 0.5) is 0 Å². The zero-order chi connectivity index (χ0) is 14.1. The van der Waals surface area contributed by atoms with Crippen molar-refractivity contribution in [2.75, 3.05) is 19.7 Å². The van der Waals surface area contributed by atoms with Gasteiger partial charge >= 0.3 is 0 Å². The Balaban J connectivity index is 1.60. The lowest BCUT2D eigenvalue weighted by Gasteiger charge is -2.41. The number of hydrogen-bond acceptors (Lipinski definition) is 4. The van der Waals surface area contributed by atoms with Gasteiger partial charge in [0, 0.05) is 18.0 Å². The molecule has 1 N–H and O–H groups in total. The van der Waals surface area contributed by atoms with Crippen molar-refractivity contribution in [3.63, 3.8) is 0 Å². The first-order valence-electron chi connectivity index (χ1n) is 6.55. The van der Waals surface area contributed by atoms with Gasteiger partial charge in [0.25, 0.3) is 0 Å². The van der Waals surface area contributed by atoms with Gasteiger partial charge in [-0.05, 0) is 18.6 Å². The highest BCUT2D eigenvalue weighted by atomic mass is 35.5. The van der Waals surface area contributed by atoms with Crippen molar-refractivity contribution < 1.29 is 14.3 Å². The Bertz CT molecular complexity index is 533. The summed E-state index contributed by atoms with van der Waals surface area (Å²) in [5, 5.41) is 2.89. The molecule has 0 bridgehead atoms. The number of nitrogens with one attached hydrogen (secondary N) is 1. The maximum Gasteiger partial charge on any atom is 0.246 e. The van der Waals surface area contributed by atoms with Gasteiger partial charge in [-0.2, -0.15) is 0 Å². The molecule has 2 atom stereocenters. The third-order valence-electron chi connectivity index (χ3n) is 3.63. The maximum atomic E-state index is 12.3. The Morgan fingerprint density at radius 1 is 1.55 bits per heavy atom. The Morgan fingerprint density at radius 3 is 3.15 bits per heavy atom. The molecule has 2 fully saturated rings. The van der Waals surface area contributed by atoms with Gasteiger partial charge in [-0.15, -0.1) is 11.3 Å². The number of piperidine rings is 1. The summed E-state index contributed by atoms with van der Waals surface area (Å²) in [6.45, 7) is 1.33. The average molecular weight is 315 g/mol. The molecule has 20 heavy (non-hydrogen) atoms. The minimum atomic E-state index is -0.106. The van der Waals surface area contributed by atoms with Gasteiger partial charge in [-0.3, -0.25) is 9.59 Å². The molecular formula is C13H15ClN2O3S. The number of thiophene rings is 1. The molecule has 0 unspecified atom stereocenters. The molecule has 0 spiro atoms. The van der Waals surface area contributed by atoms with E-state index in [0.717, 1.165) is 11.3 Å². The van der Waals surface area contributed by atoms with Gasteiger partial charge in [0.1, 0.15) is 6.61 Å². The van der Waals surface area contributed by atoms with Crippen molar-refractivity contribution in [1.29, 1.82) is 0 Å². The Kier molecular flexibility index (Phi) is 3.96. The molecule has 1 aromatic rings. The van der Waals surface area contributed by atoms with Crippen molar-refractivity contribution >= 4 is 34.8 Å². The predicted molar refractivity (Wildman–Crippen MR) is 75.9 cm³/mol. The number of amides is 2. The Morgan fingerprint density at radius 2 is 2.40 bits per heavy atom. The normalized spacial score (nSPS) is 26.1. The van der Waals surface area contributed by atoms with Crippen LogP contribution in [-0.2, 0) is 20.7 Å². The standard InChI is InChI=1S/C13H15ClN2O3S/c14-11-2-1-8(20-11)5-13(18)16-4-3-10-9(6-16)15-12(17)7-19-10/h1-2,9-10H,3-7H2,(H,15,17)/t9-,10-/m1/s1. The highest BCUT2D eigenvalue weighted by Gasteiger charge is 2.36. The van der Waals surface area contributed by atoms with Gasteiger partial charge in [0.15, 0.2) is 0 Å². The smallest absolute Gasteiger partial charge is 0.246 e. The largest absolute Gasteiger partial charge is 0.366 e. The number of nitrogens with zero attached hydrogens (tertiary/aromatic N) is 1. The molecule has 5 nitrogen and oxygen atoms in total. The van der Waals surface area contributed by atoms with E-state index in [1.54, 1.807) is 11.0 Å². The van der Waals surface area contributed by atoms with Crippen LogP contribution < -0.4 is 5.32 Å². The monoisotopic (exact) mass is 314 g/mol. The lowest BCUT2D eigenvalue weighted by molar-refractivity contribution is -0.146. The molecule has 2 amide bonds. The summed E-state index contributed by atoms with van der Waals surface area (Å²) in [7, 11) is 0. The first-order valence-corrected chi connectivity index (χ1v) is 7.74. The molecule has 7 heteroatoms. The fourth-order valence-corrected chi connectivity index (χ4v) is 3.71. The second kappa shape index (κ2) is 5.71. The fourth-order valence-electron chi connectivity index (χ4n) is 2.63. The Labute approximate surface area is 125 Å². The van der Waals surface area contributed by atoms with E-state index in [4.69, 9.17) is 16.3 Å². The molecule has 3 heterocycles. The van der Waals surface area contributed by atoms with E-state index in [9.17, 15) is 9.59 Å². The third-order valence-corrected chi connectivity index (χ3v) is 4.86. The minimum Gasteiger partial charge on any atom is -0.366 e. The van der Waals surface area contributed by atoms with E-state index < -0.39 is 0 Å². The van der Waals surface area contributed by atoms with Gasteiger partial charge < -0.3 is 15.0 Å². The molecule has 3 rings (SSSR count). The molecule has 2 saturated heterocycles. The first-order chi connectivity index (χ1) is 9.61. The van der Waals surface area contributed by atoms with Crippen LogP contribution in [-0.4, -0.2) is 48.6 Å². The summed E-state index contributed by atoms with van der Waals surface area (Å²) < 4.78 is 6.17. The van der Waals surface area contributed by atoms with E-state index in [-0.39, 0.29) is 30.6 Å². The van der Waals surface area contributed by atoms with Crippen molar-refractivity contribution in [2.45, 2.75) is 25.0 Å². The van der Waals surface area contributed by atoms with Gasteiger partial charge in [-0.25, -0.2) is 0 Å². The Hall–Kier alpha value is -1.11. The number of carbonyl (C=O) groups is 2. The third kappa shape index (κ3) is 2.97. The van der Waals surface area contributed by atoms with E-state index in [1.165, 1.54) is 11.3 Å². The summed E-state index contributed by atoms with van der Waals surface area (Å²) in [5.41, 5.74) is 0. The van der Waals surface area contributed by atoms with Crippen molar-refractivity contribution in [1.82, 2.24) is 10.2 Å². The number of hydrogen-bond donors (Lipinski definition) is 1. The highest BCUT2D eigenvalue weighted by Crippen LogP contribution is 2.23. The number of rotatable bonds is 2. The number of fused-ring (bicyclic) bond motifs is 1. The molecule has 108 valence electrons. The fraction of sp³-hybridized carbons (Fsp3) is 0.538. The van der Waals surface area contributed by atoms with E-state index >= 15 is 0 Å². The molecule has 0 radical (unpaired) electrons. The molecule has 0 aromatic carbocycles. The average Bonchev–Trinajstić information content (AvgIpc) is 2.83. The summed E-state index contributed by atoms with van der Waals surface area (Å²) in [4.78, 5) is 26.4. The SMILES string of the molecule is O=C1CO[C@@H]2CCN(C(=O)Cc3ccc(Cl)s3)C[C@H]2N1. The number of carbonyl (C=O) groups excluding carboxylic acids is 2. The summed E-state index contributed by atoms with van der Waals surface area (Å²) in [5.74, 6) is -0.0348. The molecule has 0 aliphatic carbocycles. The lowest BCUT2D eigenvalue weighted by Crippen LogP contribution is -2.61. The van der Waals surface area contributed by atoms with E-state index in [0.29, 0.717) is 23.8 Å². The first kappa shape index (κ1) is 13.9. The zero-order valence-corrected chi connectivity index (χ0v) is 12.4. The van der Waals surface area contributed by atoms with E-state index in [2.05, 4.69) is 5.32 Å². The number of ether oxygens (including phenoxy) is 1. The quantitative estimate of drug-likeness (QED) is 0.888. The van der Waals surface area contributed by atoms with E-state index in [1.807, 2.05) is 6.07 Å². The summed E-state index contributed by atoms with van der Waals surface area (Å²) >= 11 is 7.29. The van der Waals surface area contributed by atoms with Gasteiger partial charge in [0.05, 0.1) is 22.9 Å². The zero-order valence-electron chi connectivity index (χ0n) is 10.8. The van der Waals surface area contributed by atoms with Crippen LogP contribution in [0.2, 0.25) is 4.34 Å². The van der Waals surface area contributed by atoms with Crippen LogP contribution in [0.25, 0.3) is 0 Å². The summed E-state index contributed by atoms with van der Waals surface area (Å²) in [6, 6.07) is 3.60. The van der Waals surface area contributed by atoms with Crippen LogP contribution in [0.5, 0.6) is 0 Å². The maximum absolute atomic E-state index is 12.3. The number of halogens is 1. The van der Waals surface area contributed by atoms with Crippen LogP contribution in [0.1, 0.15) is 11.3 Å². The van der Waals surface area contributed by atoms with Crippen molar-refractivity contribution in [2.24, 2.45) is 0 Å². The second-order valence-electron chi connectivity index (χ2n) is 5.03. The predicted octanol–water partition coefficient (Wildman–Crippen LogP) is 1.06. The van der Waals surface area contributed by atoms with Crippen LogP contribution in [0.15, 0.2) is 12.1 Å². The topological polar surface area (TPSA) is 58.6 Å². The van der Waals surface area contributed by atoms with Crippen LogP contribution in [0, 0.1) is 0 Å². The van der Waals surface area contributed by atoms with Crippen LogP contribution >= 0.6 is 22.9 Å². The minimum absolute atomic E-state index is 0.0351. The number of morpholine rings is 1. The molecule has 0 saturated carbocycles. The summed E-state index contributed by atoms with van der Waals surface area (Å²) in [6.07, 6.45) is 1.17. The highest BCUT2D eigenvalue weighted by molar-refractivity contribution is 7.16. The van der Waals surface area contributed by atoms with Crippen molar-refractivity contribution in [3.8, 4) is 0 Å². The van der Waals surface area contributed by atoms with Gasteiger partial charge in [0.2, 0.25) is 11.8 Å². The molecular weight excluding hydrogens is 300 g/mol. The van der Waals surface area contributed by atoms with Crippen LogP contribution in [0.3, 0.4) is 0 Å². The second-order valence-corrected chi connectivity index (χ2v) is 6.83. The molecule has 2 aliphatic heterocycles. The number of likely N-dealkylation sites (tertiary alicyclic amines) is 1. The van der Waals surface area contributed by atoms with Crippen molar-refractivity contribution in [3.05, 3.63) is 21.3 Å².